The van der Waals surface area contributed by atoms with Crippen LogP contribution in [0.4, 0.5) is 5.69 Å². The summed E-state index contributed by atoms with van der Waals surface area (Å²) in [6.07, 6.45) is 1.03. The first-order valence-electron chi connectivity index (χ1n) is 6.14. The quantitative estimate of drug-likeness (QED) is 0.798. The number of esters is 1. The topological polar surface area (TPSA) is 107 Å². The average molecular weight is 375 g/mol. The van der Waals surface area contributed by atoms with Gasteiger partial charge >= 0.3 is 5.97 Å². The maximum atomic E-state index is 12.3. The monoisotopic (exact) mass is 375 g/mol. The molecular weight excluding hydrogens is 362 g/mol. The first-order chi connectivity index (χ1) is 10.6. The number of methoxy groups -OCH3 is 1. The Hall–Kier alpha value is -1.91. The summed E-state index contributed by atoms with van der Waals surface area (Å²) in [5.74, 6) is -0.648. The van der Waals surface area contributed by atoms with Crippen molar-refractivity contribution in [1.29, 1.82) is 0 Å². The fourth-order valence-corrected chi connectivity index (χ4v) is 4.24. The Labute approximate surface area is 137 Å². The fourth-order valence-electron chi connectivity index (χ4n) is 1.71. The normalized spacial score (nSPS) is 11.9. The van der Waals surface area contributed by atoms with Crippen LogP contribution in [-0.2, 0) is 24.6 Å². The van der Waals surface area contributed by atoms with E-state index in [0.29, 0.717) is 0 Å². The van der Waals surface area contributed by atoms with Crippen LogP contribution in [0.5, 0.6) is 0 Å². The van der Waals surface area contributed by atoms with Gasteiger partial charge in [0.25, 0.3) is 10.0 Å². The molecule has 2 aromatic rings. The lowest BCUT2D eigenvalue weighted by Gasteiger charge is -2.08. The molecule has 0 unspecified atom stereocenters. The highest BCUT2D eigenvalue weighted by molar-refractivity contribution is 7.92. The number of ether oxygens (including phenoxy) is 1. The largest absolute Gasteiger partial charge is 0.465 e. The van der Waals surface area contributed by atoms with Crippen LogP contribution >= 0.6 is 11.3 Å². The van der Waals surface area contributed by atoms with E-state index >= 15 is 0 Å². The minimum absolute atomic E-state index is 0.0160. The second-order valence-electron chi connectivity index (χ2n) is 4.50. The van der Waals surface area contributed by atoms with Gasteiger partial charge in [0.2, 0.25) is 0 Å². The number of anilines is 1. The number of rotatable bonds is 5. The van der Waals surface area contributed by atoms with Gasteiger partial charge in [0, 0.05) is 6.26 Å². The van der Waals surface area contributed by atoms with Gasteiger partial charge in [-0.1, -0.05) is 0 Å². The third-order valence-corrected chi connectivity index (χ3v) is 6.25. The summed E-state index contributed by atoms with van der Waals surface area (Å²) in [6, 6.07) is 6.22. The van der Waals surface area contributed by atoms with Crippen molar-refractivity contribution in [1.82, 2.24) is 0 Å². The molecule has 0 bridgehead atoms. The van der Waals surface area contributed by atoms with Gasteiger partial charge in [0.15, 0.2) is 9.84 Å². The molecule has 124 valence electrons. The van der Waals surface area contributed by atoms with Gasteiger partial charge in [0.05, 0.1) is 22.6 Å². The third-order valence-electron chi connectivity index (χ3n) is 2.84. The molecule has 0 spiro atoms. The van der Waals surface area contributed by atoms with Gasteiger partial charge in [-0.3, -0.25) is 4.72 Å². The summed E-state index contributed by atoms with van der Waals surface area (Å²) in [5.41, 5.74) is 0.106. The Morgan fingerprint density at radius 3 is 2.13 bits per heavy atom. The molecule has 0 saturated heterocycles. The molecule has 1 heterocycles. The molecule has 0 aliphatic rings. The Balaban J connectivity index is 2.33. The zero-order chi connectivity index (χ0) is 17.3. The Bertz CT molecular complexity index is 926. The maximum Gasteiger partial charge on any atom is 0.350 e. The lowest BCUT2D eigenvalue weighted by Crippen LogP contribution is -2.15. The van der Waals surface area contributed by atoms with E-state index in [9.17, 15) is 21.6 Å². The molecule has 1 aromatic heterocycles. The summed E-state index contributed by atoms with van der Waals surface area (Å²) < 4.78 is 54.3. The lowest BCUT2D eigenvalue weighted by atomic mass is 10.4. The Morgan fingerprint density at radius 1 is 1.04 bits per heavy atom. The molecule has 7 nitrogen and oxygen atoms in total. The van der Waals surface area contributed by atoms with Crippen LogP contribution in [-0.4, -0.2) is 36.2 Å². The SMILES string of the molecule is COC(=O)c1sccc1NS(=O)(=O)c1ccc(S(C)(=O)=O)cc1. The zero-order valence-electron chi connectivity index (χ0n) is 12.1. The summed E-state index contributed by atoms with van der Waals surface area (Å²) >= 11 is 1.04. The van der Waals surface area contributed by atoms with Crippen molar-refractivity contribution in [3.8, 4) is 0 Å². The van der Waals surface area contributed by atoms with E-state index in [-0.39, 0.29) is 20.4 Å². The van der Waals surface area contributed by atoms with Crippen LogP contribution in [0.2, 0.25) is 0 Å². The Kier molecular flexibility index (Phi) is 4.78. The molecule has 10 heteroatoms. The molecule has 0 fully saturated rings. The molecule has 0 amide bonds. The van der Waals surface area contributed by atoms with E-state index in [0.717, 1.165) is 17.6 Å². The number of carbonyl (C=O) groups is 1. The van der Waals surface area contributed by atoms with Crippen LogP contribution in [0.15, 0.2) is 45.5 Å². The predicted molar refractivity (Wildman–Crippen MR) is 86.0 cm³/mol. The molecule has 0 radical (unpaired) electrons. The second kappa shape index (κ2) is 6.30. The van der Waals surface area contributed by atoms with Crippen molar-refractivity contribution in [2.24, 2.45) is 0 Å². The smallest absolute Gasteiger partial charge is 0.350 e. The Morgan fingerprint density at radius 2 is 1.61 bits per heavy atom. The number of thiophene rings is 1. The molecular formula is C13H13NO6S3. The van der Waals surface area contributed by atoms with Gasteiger partial charge < -0.3 is 4.74 Å². The zero-order valence-corrected chi connectivity index (χ0v) is 14.6. The van der Waals surface area contributed by atoms with E-state index in [1.165, 1.54) is 37.4 Å². The van der Waals surface area contributed by atoms with E-state index in [4.69, 9.17) is 0 Å². The minimum atomic E-state index is -3.96. The molecule has 0 aliphatic carbocycles. The highest BCUT2D eigenvalue weighted by atomic mass is 32.2. The molecule has 0 atom stereocenters. The highest BCUT2D eigenvalue weighted by Gasteiger charge is 2.21. The first kappa shape index (κ1) is 17.4. The van der Waals surface area contributed by atoms with Crippen LogP contribution < -0.4 is 4.72 Å². The number of hydrogen-bond donors (Lipinski definition) is 1. The number of nitrogens with one attached hydrogen (secondary N) is 1. The van der Waals surface area contributed by atoms with E-state index in [2.05, 4.69) is 9.46 Å². The summed E-state index contributed by atoms with van der Waals surface area (Å²) in [6.45, 7) is 0. The molecule has 0 saturated carbocycles. The predicted octanol–water partition coefficient (Wildman–Crippen LogP) is 1.74. The number of benzene rings is 1. The molecule has 0 aliphatic heterocycles. The summed E-state index contributed by atoms with van der Waals surface area (Å²) in [4.78, 5) is 11.6. The van der Waals surface area contributed by atoms with E-state index in [1.54, 1.807) is 5.38 Å². The summed E-state index contributed by atoms with van der Waals surface area (Å²) in [5, 5.41) is 1.55. The van der Waals surface area contributed by atoms with Gasteiger partial charge in [-0.25, -0.2) is 21.6 Å². The fraction of sp³-hybridized carbons (Fsp3) is 0.154. The molecule has 23 heavy (non-hydrogen) atoms. The number of sulfone groups is 1. The molecule has 1 N–H and O–H groups in total. The molecule has 2 rings (SSSR count). The van der Waals surface area contributed by atoms with Gasteiger partial charge in [0.1, 0.15) is 4.88 Å². The minimum Gasteiger partial charge on any atom is -0.465 e. The van der Waals surface area contributed by atoms with Crippen molar-refractivity contribution >= 4 is 42.9 Å². The number of hydrogen-bond acceptors (Lipinski definition) is 7. The van der Waals surface area contributed by atoms with Gasteiger partial charge in [-0.15, -0.1) is 11.3 Å². The molecule has 1 aromatic carbocycles. The maximum absolute atomic E-state index is 12.3. The van der Waals surface area contributed by atoms with Crippen molar-refractivity contribution < 1.29 is 26.4 Å². The van der Waals surface area contributed by atoms with Crippen LogP contribution in [0, 0.1) is 0 Å². The highest BCUT2D eigenvalue weighted by Crippen LogP contribution is 2.26. The van der Waals surface area contributed by atoms with Crippen molar-refractivity contribution in [2.45, 2.75) is 9.79 Å². The third kappa shape index (κ3) is 3.89. The van der Waals surface area contributed by atoms with Crippen LogP contribution in [0.1, 0.15) is 9.67 Å². The number of carbonyl (C=O) groups excluding carboxylic acids is 1. The van der Waals surface area contributed by atoms with E-state index < -0.39 is 25.8 Å². The first-order valence-corrected chi connectivity index (χ1v) is 10.4. The standard InChI is InChI=1S/C13H13NO6S3/c1-20-13(15)12-11(7-8-21-12)14-23(18,19)10-5-3-9(4-6-10)22(2,16)17/h3-8,14H,1-2H3. The van der Waals surface area contributed by atoms with Gasteiger partial charge in [-0.2, -0.15) is 0 Å². The van der Waals surface area contributed by atoms with Crippen molar-refractivity contribution in [2.75, 3.05) is 18.1 Å². The van der Waals surface area contributed by atoms with E-state index in [1.807, 2.05) is 0 Å². The van der Waals surface area contributed by atoms with Crippen LogP contribution in [0.25, 0.3) is 0 Å². The van der Waals surface area contributed by atoms with Crippen LogP contribution in [0.3, 0.4) is 0 Å². The lowest BCUT2D eigenvalue weighted by molar-refractivity contribution is 0.0607. The average Bonchev–Trinajstić information content (AvgIpc) is 2.93. The number of sulfonamides is 1. The van der Waals surface area contributed by atoms with Gasteiger partial charge in [-0.05, 0) is 35.7 Å². The second-order valence-corrected chi connectivity index (χ2v) is 9.12. The van der Waals surface area contributed by atoms with Crippen molar-refractivity contribution in [3.63, 3.8) is 0 Å². The van der Waals surface area contributed by atoms with Crippen molar-refractivity contribution in [3.05, 3.63) is 40.6 Å². The summed E-state index contributed by atoms with van der Waals surface area (Å²) in [7, 11) is -6.17.